The molecule has 1 aliphatic rings. The molecule has 1 aromatic rings. The summed E-state index contributed by atoms with van der Waals surface area (Å²) in [6.45, 7) is 0. The van der Waals surface area contributed by atoms with Gasteiger partial charge in [0.2, 0.25) is 11.5 Å². The van der Waals surface area contributed by atoms with Crippen LogP contribution in [0.5, 0.6) is 0 Å². The van der Waals surface area contributed by atoms with Crippen LogP contribution in [0.25, 0.3) is 0 Å². The zero-order chi connectivity index (χ0) is 10.9. The lowest BCUT2D eigenvalue weighted by molar-refractivity contribution is -0.361. The Morgan fingerprint density at radius 3 is 2.07 bits per heavy atom. The lowest BCUT2D eigenvalue weighted by Gasteiger charge is -2.36. The standard InChI is InChI=1S/C9H7Cl3O3/c10-7-13-8(11)15-9(12,14-7)6-4-2-1-3-5-6/h1-5,7-8H. The van der Waals surface area contributed by atoms with Crippen molar-refractivity contribution < 1.29 is 14.2 Å². The van der Waals surface area contributed by atoms with Crippen molar-refractivity contribution >= 4 is 34.8 Å². The van der Waals surface area contributed by atoms with Crippen molar-refractivity contribution in [1.82, 2.24) is 0 Å². The van der Waals surface area contributed by atoms with Crippen molar-refractivity contribution in [1.29, 1.82) is 0 Å². The summed E-state index contributed by atoms with van der Waals surface area (Å²) in [4.78, 5) is 0. The first-order valence-corrected chi connectivity index (χ1v) is 5.39. The molecule has 2 atom stereocenters. The third-order valence-corrected chi connectivity index (χ3v) is 2.60. The van der Waals surface area contributed by atoms with E-state index in [1.165, 1.54) is 0 Å². The van der Waals surface area contributed by atoms with Crippen molar-refractivity contribution in [2.45, 2.75) is 16.7 Å². The highest BCUT2D eigenvalue weighted by Crippen LogP contribution is 2.40. The van der Waals surface area contributed by atoms with Crippen LogP contribution in [0.4, 0.5) is 0 Å². The summed E-state index contributed by atoms with van der Waals surface area (Å²) in [7, 11) is 0. The molecule has 0 amide bonds. The van der Waals surface area contributed by atoms with Gasteiger partial charge in [-0.2, -0.15) is 0 Å². The average molecular weight is 270 g/mol. The predicted molar refractivity (Wildman–Crippen MR) is 56.5 cm³/mol. The first-order valence-electron chi connectivity index (χ1n) is 4.14. The monoisotopic (exact) mass is 268 g/mol. The van der Waals surface area contributed by atoms with Crippen LogP contribution in [-0.2, 0) is 19.5 Å². The van der Waals surface area contributed by atoms with Gasteiger partial charge in [0.25, 0.3) is 5.25 Å². The maximum Gasteiger partial charge on any atom is 0.282 e. The van der Waals surface area contributed by atoms with E-state index < -0.39 is 16.7 Å². The molecule has 2 rings (SSSR count). The fourth-order valence-corrected chi connectivity index (χ4v) is 2.05. The molecule has 0 radical (unpaired) electrons. The van der Waals surface area contributed by atoms with Gasteiger partial charge in [0.15, 0.2) is 0 Å². The summed E-state index contributed by atoms with van der Waals surface area (Å²) in [5.41, 5.74) is 0.603. The summed E-state index contributed by atoms with van der Waals surface area (Å²) in [6, 6.07) is 8.93. The van der Waals surface area contributed by atoms with Gasteiger partial charge in [0.05, 0.1) is 0 Å². The van der Waals surface area contributed by atoms with Gasteiger partial charge >= 0.3 is 0 Å². The topological polar surface area (TPSA) is 27.7 Å². The number of halogens is 3. The van der Waals surface area contributed by atoms with Crippen LogP contribution >= 0.6 is 34.8 Å². The van der Waals surface area contributed by atoms with Crippen molar-refractivity contribution in [3.05, 3.63) is 35.9 Å². The second-order valence-corrected chi connectivity index (χ2v) is 4.03. The maximum absolute atomic E-state index is 6.10. The molecule has 1 aromatic carbocycles. The van der Waals surface area contributed by atoms with E-state index in [9.17, 15) is 0 Å². The molecule has 0 bridgehead atoms. The van der Waals surface area contributed by atoms with E-state index in [4.69, 9.17) is 49.0 Å². The van der Waals surface area contributed by atoms with Gasteiger partial charge in [-0.3, -0.25) is 14.2 Å². The Balaban J connectivity index is 2.26. The van der Waals surface area contributed by atoms with E-state index in [2.05, 4.69) is 0 Å². The van der Waals surface area contributed by atoms with Crippen molar-refractivity contribution in [3.63, 3.8) is 0 Å². The largest absolute Gasteiger partial charge is 0.295 e. The Kier molecular flexibility index (Phi) is 3.40. The van der Waals surface area contributed by atoms with Crippen LogP contribution in [0.3, 0.4) is 0 Å². The Morgan fingerprint density at radius 2 is 1.53 bits per heavy atom. The minimum Gasteiger partial charge on any atom is -0.295 e. The van der Waals surface area contributed by atoms with Gasteiger partial charge in [-0.25, -0.2) is 0 Å². The third-order valence-electron chi connectivity index (χ3n) is 1.82. The van der Waals surface area contributed by atoms with E-state index in [1.807, 2.05) is 6.07 Å². The lowest BCUT2D eigenvalue weighted by atomic mass is 10.2. The number of hydrogen-bond acceptors (Lipinski definition) is 3. The quantitative estimate of drug-likeness (QED) is 0.733. The SMILES string of the molecule is ClC1OC(Cl)OC(Cl)(c2ccccc2)O1. The average Bonchev–Trinajstić information content (AvgIpc) is 2.17. The minimum atomic E-state index is -1.50. The maximum atomic E-state index is 6.10. The molecule has 15 heavy (non-hydrogen) atoms. The smallest absolute Gasteiger partial charge is 0.282 e. The molecule has 3 nitrogen and oxygen atoms in total. The van der Waals surface area contributed by atoms with Crippen LogP contribution in [0.1, 0.15) is 5.56 Å². The molecule has 82 valence electrons. The normalized spacial score (nSPS) is 36.5. The highest BCUT2D eigenvalue weighted by Gasteiger charge is 2.42. The van der Waals surface area contributed by atoms with E-state index >= 15 is 0 Å². The van der Waals surface area contributed by atoms with Crippen LogP contribution < -0.4 is 0 Å². The fourth-order valence-electron chi connectivity index (χ4n) is 1.18. The molecule has 0 aliphatic carbocycles. The third kappa shape index (κ3) is 2.56. The first kappa shape index (κ1) is 11.5. The first-order chi connectivity index (χ1) is 7.10. The molecule has 1 heterocycles. The zero-order valence-electron chi connectivity index (χ0n) is 7.40. The zero-order valence-corrected chi connectivity index (χ0v) is 9.67. The molecule has 0 aromatic heterocycles. The van der Waals surface area contributed by atoms with E-state index in [-0.39, 0.29) is 0 Å². The van der Waals surface area contributed by atoms with Gasteiger partial charge in [-0.1, -0.05) is 65.1 Å². The molecule has 0 spiro atoms. The lowest BCUT2D eigenvalue weighted by Crippen LogP contribution is -2.40. The van der Waals surface area contributed by atoms with Crippen molar-refractivity contribution in [2.75, 3.05) is 0 Å². The molecule has 1 aliphatic heterocycles. The number of alkyl halides is 3. The van der Waals surface area contributed by atoms with Gasteiger partial charge in [0, 0.05) is 5.56 Å². The van der Waals surface area contributed by atoms with Gasteiger partial charge in [-0.05, 0) is 0 Å². The summed E-state index contributed by atoms with van der Waals surface area (Å²) in [5, 5.41) is -1.50. The Bertz CT molecular complexity index is 323. The van der Waals surface area contributed by atoms with Gasteiger partial charge in [-0.15, -0.1) is 0 Å². The Hall–Kier alpha value is -0.0300. The predicted octanol–water partition coefficient (Wildman–Crippen LogP) is 3.14. The van der Waals surface area contributed by atoms with Crippen LogP contribution in [-0.4, -0.2) is 11.5 Å². The fraction of sp³-hybridized carbons (Fsp3) is 0.333. The number of rotatable bonds is 1. The van der Waals surface area contributed by atoms with Crippen LogP contribution in [0.2, 0.25) is 0 Å². The molecular weight excluding hydrogens is 262 g/mol. The molecular formula is C9H7Cl3O3. The summed E-state index contributed by atoms with van der Waals surface area (Å²) in [6.07, 6.45) is 0. The van der Waals surface area contributed by atoms with Gasteiger partial charge < -0.3 is 0 Å². The molecule has 0 saturated carbocycles. The molecule has 1 saturated heterocycles. The number of ether oxygens (including phenoxy) is 3. The molecule has 6 heteroatoms. The molecule has 0 N–H and O–H groups in total. The van der Waals surface area contributed by atoms with E-state index in [0.717, 1.165) is 0 Å². The number of benzene rings is 1. The summed E-state index contributed by atoms with van der Waals surface area (Å²) >= 11 is 17.4. The summed E-state index contributed by atoms with van der Waals surface area (Å²) in [5.74, 6) is -2.09. The highest BCUT2D eigenvalue weighted by molar-refractivity contribution is 6.24. The molecule has 2 unspecified atom stereocenters. The summed E-state index contributed by atoms with van der Waals surface area (Å²) < 4.78 is 15.1. The second kappa shape index (κ2) is 4.45. The second-order valence-electron chi connectivity index (χ2n) is 2.82. The molecule has 1 fully saturated rings. The van der Waals surface area contributed by atoms with Crippen molar-refractivity contribution in [2.24, 2.45) is 0 Å². The van der Waals surface area contributed by atoms with Crippen LogP contribution in [0, 0.1) is 0 Å². The Labute approximate surface area is 102 Å². The number of hydrogen-bond donors (Lipinski definition) is 0. The van der Waals surface area contributed by atoms with E-state index in [1.54, 1.807) is 24.3 Å². The highest BCUT2D eigenvalue weighted by atomic mass is 35.5. The Morgan fingerprint density at radius 1 is 1.00 bits per heavy atom. The van der Waals surface area contributed by atoms with E-state index in [0.29, 0.717) is 5.56 Å². The van der Waals surface area contributed by atoms with Crippen molar-refractivity contribution in [3.8, 4) is 0 Å². The van der Waals surface area contributed by atoms with Gasteiger partial charge in [0.1, 0.15) is 0 Å². The minimum absolute atomic E-state index is 0.603. The van der Waals surface area contributed by atoms with Crippen LogP contribution in [0.15, 0.2) is 30.3 Å².